The van der Waals surface area contributed by atoms with Gasteiger partial charge in [0.2, 0.25) is 6.79 Å². The minimum absolute atomic E-state index is 0.304. The summed E-state index contributed by atoms with van der Waals surface area (Å²) in [5.74, 6) is 4.96. The number of rotatable bonds is 4. The smallest absolute Gasteiger partial charge is 0.328 e. The largest absolute Gasteiger partial charge is 0.478 e. The molecule has 30 heavy (non-hydrogen) atoms. The fourth-order valence-corrected chi connectivity index (χ4v) is 6.84. The van der Waals surface area contributed by atoms with Crippen molar-refractivity contribution in [1.82, 2.24) is 0 Å². The second kappa shape index (κ2) is 6.90. The third-order valence-corrected chi connectivity index (χ3v) is 7.75. The summed E-state index contributed by atoms with van der Waals surface area (Å²) in [6.45, 7) is 0.304. The molecule has 2 aromatic rings. The van der Waals surface area contributed by atoms with Crippen LogP contribution in [0.3, 0.4) is 0 Å². The van der Waals surface area contributed by atoms with Crippen molar-refractivity contribution in [3.63, 3.8) is 0 Å². The van der Waals surface area contributed by atoms with E-state index in [1.165, 1.54) is 43.7 Å². The highest BCUT2D eigenvalue weighted by Crippen LogP contribution is 2.62. The van der Waals surface area contributed by atoms with Gasteiger partial charge in [-0.3, -0.25) is 0 Å². The van der Waals surface area contributed by atoms with E-state index in [-0.39, 0.29) is 0 Å². The molecule has 1 N–H and O–H groups in total. The molecule has 0 atom stereocenters. The van der Waals surface area contributed by atoms with Crippen LogP contribution in [0.1, 0.15) is 49.1 Å². The summed E-state index contributed by atoms with van der Waals surface area (Å²) in [5.41, 5.74) is 4.49. The first-order chi connectivity index (χ1) is 14.6. The minimum atomic E-state index is -0.935. The number of ether oxygens (including phenoxy) is 2. The number of aliphatic carboxylic acids is 1. The molecule has 7 rings (SSSR count). The van der Waals surface area contributed by atoms with Gasteiger partial charge in [0.25, 0.3) is 0 Å². The molecule has 0 saturated heterocycles. The van der Waals surface area contributed by atoms with Gasteiger partial charge in [-0.05, 0) is 96.6 Å². The number of hydrogen-bond donors (Lipinski definition) is 1. The third kappa shape index (κ3) is 3.01. The van der Waals surface area contributed by atoms with Gasteiger partial charge in [0, 0.05) is 11.6 Å². The zero-order valence-corrected chi connectivity index (χ0v) is 16.9. The molecular weight excluding hydrogens is 376 g/mol. The second-order valence-electron chi connectivity index (χ2n) is 9.55. The Balaban J connectivity index is 1.37. The summed E-state index contributed by atoms with van der Waals surface area (Å²) < 4.78 is 11.8. The Morgan fingerprint density at radius 3 is 2.27 bits per heavy atom. The molecule has 0 amide bonds. The Morgan fingerprint density at radius 2 is 1.60 bits per heavy atom. The van der Waals surface area contributed by atoms with Gasteiger partial charge >= 0.3 is 5.97 Å². The van der Waals surface area contributed by atoms with E-state index in [1.807, 2.05) is 12.1 Å². The summed E-state index contributed by atoms with van der Waals surface area (Å²) >= 11 is 0. The SMILES string of the molecule is O=C(O)C=Cc1ccc(-c2cc3c(c(C4C5CC6CC(C5)CC4C6)c2)OCO3)cc1. The highest BCUT2D eigenvalue weighted by atomic mass is 16.7. The van der Waals surface area contributed by atoms with Gasteiger partial charge in [-0.1, -0.05) is 24.3 Å². The van der Waals surface area contributed by atoms with Crippen LogP contribution >= 0.6 is 0 Å². The van der Waals surface area contributed by atoms with E-state index in [0.29, 0.717) is 12.7 Å². The molecular formula is C26H26O4. The van der Waals surface area contributed by atoms with Crippen LogP contribution in [0.5, 0.6) is 11.5 Å². The standard InChI is InChI=1S/C26H26O4/c27-24(28)6-3-15-1-4-18(5-2-15)19-12-22(26-23(13-19)29-14-30-26)25-20-8-16-7-17(10-20)11-21(25)9-16/h1-6,12-13,16-17,20-21,25H,7-11,14H2,(H,27,28). The van der Waals surface area contributed by atoms with Crippen LogP contribution in [0.25, 0.3) is 17.2 Å². The lowest BCUT2D eigenvalue weighted by Gasteiger charge is -2.54. The highest BCUT2D eigenvalue weighted by Gasteiger charge is 2.49. The summed E-state index contributed by atoms with van der Waals surface area (Å²) in [4.78, 5) is 10.8. The summed E-state index contributed by atoms with van der Waals surface area (Å²) in [5, 5.41) is 8.83. The zero-order chi connectivity index (χ0) is 20.2. The Hall–Kier alpha value is -2.75. The van der Waals surface area contributed by atoms with E-state index >= 15 is 0 Å². The van der Waals surface area contributed by atoms with Crippen molar-refractivity contribution in [3.05, 3.63) is 53.6 Å². The van der Waals surface area contributed by atoms with E-state index in [0.717, 1.165) is 51.9 Å². The van der Waals surface area contributed by atoms with E-state index in [2.05, 4.69) is 24.3 Å². The van der Waals surface area contributed by atoms with E-state index in [9.17, 15) is 4.79 Å². The van der Waals surface area contributed by atoms with Gasteiger partial charge in [0.15, 0.2) is 11.5 Å². The third-order valence-electron chi connectivity index (χ3n) is 7.75. The van der Waals surface area contributed by atoms with E-state index < -0.39 is 5.97 Å². The Morgan fingerprint density at radius 1 is 0.900 bits per heavy atom. The first-order valence-electron chi connectivity index (χ1n) is 11.1. The lowest BCUT2D eigenvalue weighted by atomic mass is 9.50. The fraction of sp³-hybridized carbons (Fsp3) is 0.423. The number of fused-ring (bicyclic) bond motifs is 1. The van der Waals surface area contributed by atoms with Crippen LogP contribution in [0.15, 0.2) is 42.5 Å². The molecule has 4 fully saturated rings. The van der Waals surface area contributed by atoms with Gasteiger partial charge in [0.05, 0.1) is 0 Å². The van der Waals surface area contributed by atoms with Crippen molar-refractivity contribution < 1.29 is 19.4 Å². The van der Waals surface area contributed by atoms with Crippen LogP contribution in [-0.2, 0) is 4.79 Å². The number of hydrogen-bond acceptors (Lipinski definition) is 3. The normalized spacial score (nSPS) is 30.9. The minimum Gasteiger partial charge on any atom is -0.478 e. The molecule has 4 saturated carbocycles. The predicted octanol–water partition coefficient (Wildman–Crippen LogP) is 5.72. The van der Waals surface area contributed by atoms with Crippen molar-refractivity contribution in [2.75, 3.05) is 6.79 Å². The van der Waals surface area contributed by atoms with Crippen molar-refractivity contribution in [2.24, 2.45) is 23.7 Å². The fourth-order valence-electron chi connectivity index (χ4n) is 6.84. The zero-order valence-electron chi connectivity index (χ0n) is 16.9. The quantitative estimate of drug-likeness (QED) is 0.665. The maximum Gasteiger partial charge on any atom is 0.328 e. The average molecular weight is 402 g/mol. The summed E-state index contributed by atoms with van der Waals surface area (Å²) in [6, 6.07) is 12.5. The Labute approximate surface area is 176 Å². The van der Waals surface area contributed by atoms with Gasteiger partial charge in [0.1, 0.15) is 0 Å². The van der Waals surface area contributed by atoms with Crippen molar-refractivity contribution in [3.8, 4) is 22.6 Å². The van der Waals surface area contributed by atoms with Crippen LogP contribution in [0, 0.1) is 23.7 Å². The van der Waals surface area contributed by atoms with Gasteiger partial charge in [-0.25, -0.2) is 4.79 Å². The Kier molecular flexibility index (Phi) is 4.15. The summed E-state index contributed by atoms with van der Waals surface area (Å²) in [6.07, 6.45) is 9.75. The number of carboxylic acids is 1. The number of carboxylic acid groups (broad SMARTS) is 1. The second-order valence-corrected chi connectivity index (χ2v) is 9.55. The van der Waals surface area contributed by atoms with Crippen molar-refractivity contribution in [2.45, 2.75) is 38.0 Å². The molecule has 0 radical (unpaired) electrons. The van der Waals surface area contributed by atoms with Crippen molar-refractivity contribution >= 4 is 12.0 Å². The van der Waals surface area contributed by atoms with E-state index in [1.54, 1.807) is 6.08 Å². The lowest BCUT2D eigenvalue weighted by molar-refractivity contribution is -0.131. The molecule has 2 aromatic carbocycles. The molecule has 0 aromatic heterocycles. The molecule has 0 unspecified atom stereocenters. The molecule has 1 heterocycles. The molecule has 0 spiro atoms. The van der Waals surface area contributed by atoms with E-state index in [4.69, 9.17) is 14.6 Å². The molecule has 1 aliphatic heterocycles. The molecule has 154 valence electrons. The summed E-state index contributed by atoms with van der Waals surface area (Å²) in [7, 11) is 0. The van der Waals surface area contributed by atoms with Crippen molar-refractivity contribution in [1.29, 1.82) is 0 Å². The predicted molar refractivity (Wildman–Crippen MR) is 114 cm³/mol. The maximum absolute atomic E-state index is 10.8. The topological polar surface area (TPSA) is 55.8 Å². The number of carbonyl (C=O) groups is 1. The first-order valence-corrected chi connectivity index (χ1v) is 11.1. The molecule has 4 heteroatoms. The average Bonchev–Trinajstić information content (AvgIpc) is 3.20. The Bertz CT molecular complexity index is 992. The molecule has 4 nitrogen and oxygen atoms in total. The number of benzene rings is 2. The van der Waals surface area contributed by atoms with Gasteiger partial charge in [-0.15, -0.1) is 0 Å². The van der Waals surface area contributed by atoms with Crippen LogP contribution in [0.2, 0.25) is 0 Å². The molecule has 5 aliphatic rings. The monoisotopic (exact) mass is 402 g/mol. The molecule has 4 aliphatic carbocycles. The lowest BCUT2D eigenvalue weighted by Crippen LogP contribution is -2.43. The highest BCUT2D eigenvalue weighted by molar-refractivity contribution is 5.85. The first kappa shape index (κ1) is 18.1. The van der Waals surface area contributed by atoms with Crippen LogP contribution in [-0.4, -0.2) is 17.9 Å². The van der Waals surface area contributed by atoms with Crippen LogP contribution in [0.4, 0.5) is 0 Å². The van der Waals surface area contributed by atoms with Gasteiger partial charge < -0.3 is 14.6 Å². The van der Waals surface area contributed by atoms with Crippen LogP contribution < -0.4 is 9.47 Å². The van der Waals surface area contributed by atoms with Gasteiger partial charge in [-0.2, -0.15) is 0 Å². The maximum atomic E-state index is 10.8. The molecule has 4 bridgehead atoms.